The summed E-state index contributed by atoms with van der Waals surface area (Å²) in [6, 6.07) is 0.367. The van der Waals surface area contributed by atoms with E-state index in [1.165, 1.54) is 89.9 Å². The van der Waals surface area contributed by atoms with Gasteiger partial charge in [-0.3, -0.25) is 0 Å². The Hall–Kier alpha value is -0.0800. The molecule has 126 valence electrons. The first-order valence-corrected chi connectivity index (χ1v) is 9.76. The first kappa shape index (κ1) is 19.0. The van der Waals surface area contributed by atoms with Crippen molar-refractivity contribution in [2.45, 2.75) is 115 Å². The highest BCUT2D eigenvalue weighted by atomic mass is 16.3. The number of unbranched alkanes of at least 4 members (excludes halogenated alkanes) is 9. The Bertz CT molecular complexity index is 220. The van der Waals surface area contributed by atoms with Gasteiger partial charge >= 0.3 is 0 Å². The van der Waals surface area contributed by atoms with E-state index in [0.29, 0.717) is 6.04 Å². The molecule has 1 aliphatic carbocycles. The lowest BCUT2D eigenvalue weighted by molar-refractivity contribution is 0.120. The molecule has 0 amide bonds. The minimum atomic E-state index is -0.101. The highest BCUT2D eigenvalue weighted by Crippen LogP contribution is 2.18. The number of aliphatic hydroxyl groups is 1. The van der Waals surface area contributed by atoms with Crippen LogP contribution >= 0.6 is 0 Å². The molecule has 2 heteroatoms. The number of nitrogens with one attached hydrogen (secondary N) is 1. The van der Waals surface area contributed by atoms with Gasteiger partial charge in [-0.15, -0.1) is 0 Å². The Morgan fingerprint density at radius 2 is 1.33 bits per heavy atom. The second-order valence-electron chi connectivity index (χ2n) is 6.95. The predicted octanol–water partition coefficient (Wildman–Crippen LogP) is 5.19. The first-order chi connectivity index (χ1) is 10.3. The van der Waals surface area contributed by atoms with Gasteiger partial charge in [0.05, 0.1) is 6.10 Å². The molecule has 0 aromatic rings. The summed E-state index contributed by atoms with van der Waals surface area (Å²) < 4.78 is 0. The Morgan fingerprint density at radius 3 is 2.00 bits per heavy atom. The zero-order valence-corrected chi connectivity index (χ0v) is 14.4. The van der Waals surface area contributed by atoms with Gasteiger partial charge in [0.25, 0.3) is 0 Å². The lowest BCUT2D eigenvalue weighted by Crippen LogP contribution is -2.39. The molecule has 1 rings (SSSR count). The Labute approximate surface area is 133 Å². The normalized spacial score (nSPS) is 23.1. The SMILES string of the molecule is CCCCCCCCCCCCNC1CCCCCC1O. The van der Waals surface area contributed by atoms with Crippen molar-refractivity contribution in [1.29, 1.82) is 0 Å². The molecule has 2 nitrogen and oxygen atoms in total. The van der Waals surface area contributed by atoms with E-state index in [-0.39, 0.29) is 6.10 Å². The number of hydrogen-bond acceptors (Lipinski definition) is 2. The summed E-state index contributed by atoms with van der Waals surface area (Å²) in [5, 5.41) is 13.6. The van der Waals surface area contributed by atoms with E-state index in [0.717, 1.165) is 13.0 Å². The molecule has 2 N–H and O–H groups in total. The molecule has 0 aromatic carbocycles. The van der Waals surface area contributed by atoms with Crippen molar-refractivity contribution < 1.29 is 5.11 Å². The van der Waals surface area contributed by atoms with Crippen molar-refractivity contribution in [2.75, 3.05) is 6.54 Å². The van der Waals surface area contributed by atoms with Crippen LogP contribution in [0, 0.1) is 0 Å². The van der Waals surface area contributed by atoms with Crippen LogP contribution in [-0.4, -0.2) is 23.8 Å². The van der Waals surface area contributed by atoms with Gasteiger partial charge in [0.1, 0.15) is 0 Å². The zero-order valence-electron chi connectivity index (χ0n) is 14.4. The lowest BCUT2D eigenvalue weighted by atomic mass is 10.0. The molecule has 0 saturated heterocycles. The van der Waals surface area contributed by atoms with Crippen LogP contribution in [0.15, 0.2) is 0 Å². The lowest BCUT2D eigenvalue weighted by Gasteiger charge is -2.21. The average molecular weight is 298 g/mol. The van der Waals surface area contributed by atoms with E-state index >= 15 is 0 Å². The van der Waals surface area contributed by atoms with Crippen LogP contribution in [0.5, 0.6) is 0 Å². The third-order valence-corrected chi connectivity index (χ3v) is 4.92. The van der Waals surface area contributed by atoms with Gasteiger partial charge < -0.3 is 10.4 Å². The fourth-order valence-electron chi connectivity index (χ4n) is 3.43. The largest absolute Gasteiger partial charge is 0.392 e. The molecule has 0 spiro atoms. The van der Waals surface area contributed by atoms with Gasteiger partial charge in [0.2, 0.25) is 0 Å². The summed E-state index contributed by atoms with van der Waals surface area (Å²) in [4.78, 5) is 0. The van der Waals surface area contributed by atoms with Crippen molar-refractivity contribution in [3.05, 3.63) is 0 Å². The molecule has 1 aliphatic rings. The summed E-state index contributed by atoms with van der Waals surface area (Å²) in [6.45, 7) is 3.38. The standard InChI is InChI=1S/C19H39NO/c1-2-3-4-5-6-7-8-9-10-14-17-20-18-15-12-11-13-16-19(18)21/h18-21H,2-17H2,1H3. The van der Waals surface area contributed by atoms with Crippen molar-refractivity contribution in [3.63, 3.8) is 0 Å². The average Bonchev–Trinajstić information content (AvgIpc) is 2.69. The molecule has 1 saturated carbocycles. The van der Waals surface area contributed by atoms with Gasteiger partial charge in [0, 0.05) is 6.04 Å². The molecule has 0 aliphatic heterocycles. The van der Waals surface area contributed by atoms with Gasteiger partial charge in [0.15, 0.2) is 0 Å². The van der Waals surface area contributed by atoms with Gasteiger partial charge in [-0.25, -0.2) is 0 Å². The zero-order chi connectivity index (χ0) is 15.2. The molecular formula is C19H39NO. The molecular weight excluding hydrogens is 258 g/mol. The maximum Gasteiger partial charge on any atom is 0.0693 e. The van der Waals surface area contributed by atoms with Crippen molar-refractivity contribution in [1.82, 2.24) is 5.32 Å². The van der Waals surface area contributed by atoms with E-state index in [9.17, 15) is 5.11 Å². The summed E-state index contributed by atoms with van der Waals surface area (Å²) in [5.41, 5.74) is 0. The Balaban J connectivity index is 1.83. The topological polar surface area (TPSA) is 32.3 Å². The third kappa shape index (κ3) is 10.3. The second-order valence-corrected chi connectivity index (χ2v) is 6.95. The van der Waals surface area contributed by atoms with Crippen LogP contribution in [-0.2, 0) is 0 Å². The minimum Gasteiger partial charge on any atom is -0.392 e. The van der Waals surface area contributed by atoms with Crippen LogP contribution in [0.2, 0.25) is 0 Å². The van der Waals surface area contributed by atoms with Crippen LogP contribution in [0.25, 0.3) is 0 Å². The molecule has 1 fully saturated rings. The maximum absolute atomic E-state index is 10.0. The fraction of sp³-hybridized carbons (Fsp3) is 1.00. The first-order valence-electron chi connectivity index (χ1n) is 9.76. The van der Waals surface area contributed by atoms with Crippen molar-refractivity contribution >= 4 is 0 Å². The van der Waals surface area contributed by atoms with Crippen molar-refractivity contribution in [2.24, 2.45) is 0 Å². The molecule has 0 radical (unpaired) electrons. The summed E-state index contributed by atoms with van der Waals surface area (Å²) in [6.07, 6.45) is 19.8. The van der Waals surface area contributed by atoms with Gasteiger partial charge in [-0.2, -0.15) is 0 Å². The van der Waals surface area contributed by atoms with Gasteiger partial charge in [-0.05, 0) is 25.8 Å². The second kappa shape index (κ2) is 13.6. The van der Waals surface area contributed by atoms with E-state index in [1.807, 2.05) is 0 Å². The number of rotatable bonds is 12. The van der Waals surface area contributed by atoms with Gasteiger partial charge in [-0.1, -0.05) is 84.0 Å². The monoisotopic (exact) mass is 297 g/mol. The highest BCUT2D eigenvalue weighted by molar-refractivity contribution is 4.78. The molecule has 21 heavy (non-hydrogen) atoms. The van der Waals surface area contributed by atoms with E-state index in [4.69, 9.17) is 0 Å². The highest BCUT2D eigenvalue weighted by Gasteiger charge is 2.20. The molecule has 0 bridgehead atoms. The number of hydrogen-bond donors (Lipinski definition) is 2. The Morgan fingerprint density at radius 1 is 0.762 bits per heavy atom. The fourth-order valence-corrected chi connectivity index (χ4v) is 3.43. The maximum atomic E-state index is 10.0. The summed E-state index contributed by atoms with van der Waals surface area (Å²) in [7, 11) is 0. The predicted molar refractivity (Wildman–Crippen MR) is 92.7 cm³/mol. The molecule has 0 heterocycles. The smallest absolute Gasteiger partial charge is 0.0693 e. The minimum absolute atomic E-state index is 0.101. The molecule has 0 aromatic heterocycles. The van der Waals surface area contributed by atoms with Crippen LogP contribution < -0.4 is 5.32 Å². The quantitative estimate of drug-likeness (QED) is 0.384. The Kier molecular flexibility index (Phi) is 12.3. The third-order valence-electron chi connectivity index (χ3n) is 4.92. The van der Waals surface area contributed by atoms with Crippen molar-refractivity contribution in [3.8, 4) is 0 Å². The molecule has 2 unspecified atom stereocenters. The van der Waals surface area contributed by atoms with E-state index in [1.54, 1.807) is 0 Å². The number of aliphatic hydroxyl groups excluding tert-OH is 1. The molecule has 2 atom stereocenters. The summed E-state index contributed by atoms with van der Waals surface area (Å²) in [5.74, 6) is 0. The van der Waals surface area contributed by atoms with Crippen LogP contribution in [0.4, 0.5) is 0 Å². The summed E-state index contributed by atoms with van der Waals surface area (Å²) >= 11 is 0. The van der Waals surface area contributed by atoms with E-state index in [2.05, 4.69) is 12.2 Å². The van der Waals surface area contributed by atoms with Crippen LogP contribution in [0.1, 0.15) is 103 Å². The van der Waals surface area contributed by atoms with Crippen LogP contribution in [0.3, 0.4) is 0 Å². The van der Waals surface area contributed by atoms with E-state index < -0.39 is 0 Å².